The summed E-state index contributed by atoms with van der Waals surface area (Å²) in [6, 6.07) is 2.66. The van der Waals surface area contributed by atoms with Crippen LogP contribution in [0.2, 0.25) is 5.02 Å². The van der Waals surface area contributed by atoms with E-state index in [1.54, 1.807) is 0 Å². The molecule has 0 saturated heterocycles. The third-order valence-corrected chi connectivity index (χ3v) is 5.97. The molecule has 2 atom stereocenters. The number of phenols is 1. The van der Waals surface area contributed by atoms with Crippen LogP contribution in [0.1, 0.15) is 19.3 Å². The molecule has 100 valence electrons. The van der Waals surface area contributed by atoms with Gasteiger partial charge in [-0.3, -0.25) is 0 Å². The fraction of sp³-hybridized carbons (Fsp3) is 0.455. The predicted molar refractivity (Wildman–Crippen MR) is 68.4 cm³/mol. The molecule has 7 heteroatoms. The molecule has 0 radical (unpaired) electrons. The van der Waals surface area contributed by atoms with Crippen molar-refractivity contribution in [2.45, 2.75) is 35.5 Å². The summed E-state index contributed by atoms with van der Waals surface area (Å²) in [6.45, 7) is 0. The van der Waals surface area contributed by atoms with Crippen molar-refractivity contribution in [3.63, 3.8) is 0 Å². The van der Waals surface area contributed by atoms with Crippen molar-refractivity contribution in [3.05, 3.63) is 17.2 Å². The Morgan fingerprint density at radius 1 is 1.33 bits per heavy atom. The lowest BCUT2D eigenvalue weighted by atomic mass is 10.3. The lowest BCUT2D eigenvalue weighted by molar-refractivity contribution is 0.185. The molecule has 0 aromatic heterocycles. The van der Waals surface area contributed by atoms with E-state index in [0.717, 1.165) is 0 Å². The van der Waals surface area contributed by atoms with Crippen molar-refractivity contribution in [2.75, 3.05) is 5.73 Å². The second-order valence-electron chi connectivity index (χ2n) is 4.40. The summed E-state index contributed by atoms with van der Waals surface area (Å²) in [5, 5.41) is 18.5. The Balaban J connectivity index is 2.58. The first kappa shape index (κ1) is 13.5. The van der Waals surface area contributed by atoms with E-state index in [2.05, 4.69) is 0 Å². The van der Waals surface area contributed by atoms with Crippen molar-refractivity contribution < 1.29 is 18.6 Å². The molecule has 2 rings (SSSR count). The zero-order valence-corrected chi connectivity index (χ0v) is 11.1. The van der Waals surface area contributed by atoms with Gasteiger partial charge in [0, 0.05) is 0 Å². The number of hydrogen-bond donors (Lipinski definition) is 3. The van der Waals surface area contributed by atoms with Gasteiger partial charge in [0.05, 0.1) is 22.1 Å². The van der Waals surface area contributed by atoms with Gasteiger partial charge in [-0.05, 0) is 31.4 Å². The normalized spacial score (nSPS) is 24.3. The van der Waals surface area contributed by atoms with Crippen LogP contribution in [0.3, 0.4) is 0 Å². The van der Waals surface area contributed by atoms with Crippen molar-refractivity contribution >= 4 is 27.1 Å². The van der Waals surface area contributed by atoms with Crippen LogP contribution in [0, 0.1) is 0 Å². The number of rotatable bonds is 2. The van der Waals surface area contributed by atoms with Gasteiger partial charge in [0.25, 0.3) is 0 Å². The average Bonchev–Trinajstić information content (AvgIpc) is 2.71. The van der Waals surface area contributed by atoms with E-state index in [1.165, 1.54) is 12.1 Å². The topological polar surface area (TPSA) is 101 Å². The van der Waals surface area contributed by atoms with Gasteiger partial charge in [-0.25, -0.2) is 8.42 Å². The average molecular weight is 292 g/mol. The van der Waals surface area contributed by atoms with E-state index in [9.17, 15) is 18.6 Å². The minimum absolute atomic E-state index is 0.0505. The maximum Gasteiger partial charge on any atom is 0.188 e. The molecule has 1 aliphatic carbocycles. The zero-order valence-electron chi connectivity index (χ0n) is 9.51. The van der Waals surface area contributed by atoms with Crippen LogP contribution in [0.4, 0.5) is 5.69 Å². The number of aliphatic hydroxyl groups is 1. The molecule has 0 amide bonds. The van der Waals surface area contributed by atoms with E-state index >= 15 is 0 Å². The molecule has 0 heterocycles. The lowest BCUT2D eigenvalue weighted by Gasteiger charge is -2.17. The Kier molecular flexibility index (Phi) is 3.44. The highest BCUT2D eigenvalue weighted by Crippen LogP contribution is 2.40. The molecular formula is C11H14ClNO4S. The van der Waals surface area contributed by atoms with Crippen molar-refractivity contribution in [1.82, 2.24) is 0 Å². The third kappa shape index (κ3) is 2.04. The molecular weight excluding hydrogens is 278 g/mol. The van der Waals surface area contributed by atoms with Gasteiger partial charge in [0.15, 0.2) is 15.6 Å². The number of nitrogen functional groups attached to an aromatic ring is 1. The Bertz CT molecular complexity index is 573. The molecule has 1 aromatic carbocycles. The second kappa shape index (κ2) is 4.60. The molecule has 0 bridgehead atoms. The number of benzene rings is 1. The summed E-state index contributed by atoms with van der Waals surface area (Å²) in [5.74, 6) is -0.540. The number of aromatic hydroxyl groups is 1. The van der Waals surface area contributed by atoms with Gasteiger partial charge < -0.3 is 15.9 Å². The summed E-state index contributed by atoms with van der Waals surface area (Å²) in [7, 11) is -3.88. The Morgan fingerprint density at radius 2 is 2.00 bits per heavy atom. The van der Waals surface area contributed by atoms with Gasteiger partial charge >= 0.3 is 0 Å². The maximum atomic E-state index is 12.4. The van der Waals surface area contributed by atoms with E-state index in [-0.39, 0.29) is 15.6 Å². The Hall–Kier alpha value is -0.980. The van der Waals surface area contributed by atoms with Gasteiger partial charge in [0.1, 0.15) is 4.90 Å². The quantitative estimate of drug-likeness (QED) is 0.563. The number of hydrogen-bond acceptors (Lipinski definition) is 5. The highest BCUT2D eigenvalue weighted by atomic mass is 35.5. The van der Waals surface area contributed by atoms with Crippen LogP contribution in [0.15, 0.2) is 17.0 Å². The second-order valence-corrected chi connectivity index (χ2v) is 6.91. The number of anilines is 1. The number of nitrogens with two attached hydrogens (primary N) is 1. The summed E-state index contributed by atoms with van der Waals surface area (Å²) >= 11 is 5.84. The zero-order chi connectivity index (χ0) is 13.5. The summed E-state index contributed by atoms with van der Waals surface area (Å²) in [4.78, 5) is -0.380. The summed E-state index contributed by atoms with van der Waals surface area (Å²) in [5.41, 5.74) is 5.43. The molecule has 4 N–H and O–H groups in total. The summed E-state index contributed by atoms with van der Waals surface area (Å²) < 4.78 is 24.8. The molecule has 1 saturated carbocycles. The van der Waals surface area contributed by atoms with Gasteiger partial charge in [-0.2, -0.15) is 0 Å². The SMILES string of the molecule is Nc1ccc(Cl)c(S(=O)(=O)[C@@H]2CCC[C@H]2O)c1O. The predicted octanol–water partition coefficient (Wildman–Crippen LogP) is 1.31. The molecule has 0 unspecified atom stereocenters. The largest absolute Gasteiger partial charge is 0.504 e. The van der Waals surface area contributed by atoms with Crippen LogP contribution in [-0.2, 0) is 9.84 Å². The van der Waals surface area contributed by atoms with E-state index in [0.29, 0.717) is 19.3 Å². The standard InChI is InChI=1S/C11H14ClNO4S/c12-6-4-5-7(13)10(15)11(6)18(16,17)9-3-1-2-8(9)14/h4-5,8-9,14-15H,1-3,13H2/t8-,9-/m1/s1. The number of aliphatic hydroxyl groups excluding tert-OH is 1. The minimum Gasteiger partial charge on any atom is -0.504 e. The third-order valence-electron chi connectivity index (χ3n) is 3.22. The van der Waals surface area contributed by atoms with Gasteiger partial charge in [-0.1, -0.05) is 11.6 Å². The minimum atomic E-state index is -3.88. The van der Waals surface area contributed by atoms with Gasteiger partial charge in [-0.15, -0.1) is 0 Å². The summed E-state index contributed by atoms with van der Waals surface area (Å²) in [6.07, 6.45) is 0.497. The highest BCUT2D eigenvalue weighted by molar-refractivity contribution is 7.92. The molecule has 5 nitrogen and oxygen atoms in total. The van der Waals surface area contributed by atoms with Crippen molar-refractivity contribution in [1.29, 1.82) is 0 Å². The Labute approximate surface area is 110 Å². The number of phenolic OH excluding ortho intramolecular Hbond substituents is 1. The fourth-order valence-corrected chi connectivity index (χ4v) is 4.78. The lowest BCUT2D eigenvalue weighted by Crippen LogP contribution is -2.29. The number of halogens is 1. The van der Waals surface area contributed by atoms with Crippen molar-refractivity contribution in [2.24, 2.45) is 0 Å². The van der Waals surface area contributed by atoms with Crippen LogP contribution >= 0.6 is 11.6 Å². The van der Waals surface area contributed by atoms with Gasteiger partial charge in [0.2, 0.25) is 0 Å². The molecule has 1 aromatic rings. The highest BCUT2D eigenvalue weighted by Gasteiger charge is 2.40. The van der Waals surface area contributed by atoms with E-state index in [1.807, 2.05) is 0 Å². The molecule has 18 heavy (non-hydrogen) atoms. The molecule has 1 fully saturated rings. The first-order valence-electron chi connectivity index (χ1n) is 5.54. The first-order valence-corrected chi connectivity index (χ1v) is 7.47. The monoisotopic (exact) mass is 291 g/mol. The van der Waals surface area contributed by atoms with E-state index in [4.69, 9.17) is 17.3 Å². The maximum absolute atomic E-state index is 12.4. The van der Waals surface area contributed by atoms with Crippen LogP contribution in [0.25, 0.3) is 0 Å². The van der Waals surface area contributed by atoms with Crippen LogP contribution < -0.4 is 5.73 Å². The number of sulfone groups is 1. The fourth-order valence-electron chi connectivity index (χ4n) is 2.25. The van der Waals surface area contributed by atoms with Crippen molar-refractivity contribution in [3.8, 4) is 5.75 Å². The van der Waals surface area contributed by atoms with Crippen LogP contribution in [0.5, 0.6) is 5.75 Å². The smallest absolute Gasteiger partial charge is 0.188 e. The van der Waals surface area contributed by atoms with Crippen LogP contribution in [-0.4, -0.2) is 30.0 Å². The molecule has 0 spiro atoms. The molecule has 1 aliphatic rings. The molecule has 0 aliphatic heterocycles. The first-order chi connectivity index (χ1) is 8.35. The van der Waals surface area contributed by atoms with E-state index < -0.39 is 26.9 Å². The Morgan fingerprint density at radius 3 is 2.56 bits per heavy atom.